The number of amides is 1. The minimum Gasteiger partial charge on any atom is -0.322 e. The molecule has 2 aromatic carbocycles. The zero-order chi connectivity index (χ0) is 18.8. The zero-order valence-corrected chi connectivity index (χ0v) is 14.7. The third-order valence-corrected chi connectivity index (χ3v) is 4.39. The molecule has 7 nitrogen and oxygen atoms in total. The molecule has 0 radical (unpaired) electrons. The van der Waals surface area contributed by atoms with Gasteiger partial charge in [-0.25, -0.2) is 9.67 Å². The van der Waals surface area contributed by atoms with Crippen molar-refractivity contribution in [3.05, 3.63) is 88.7 Å². The lowest BCUT2D eigenvalue weighted by molar-refractivity contribution is 0.102. The van der Waals surface area contributed by atoms with E-state index in [0.717, 1.165) is 16.5 Å². The normalized spacial score (nSPS) is 10.9. The number of pyridine rings is 1. The molecule has 2 heterocycles. The van der Waals surface area contributed by atoms with E-state index in [4.69, 9.17) is 0 Å². The van der Waals surface area contributed by atoms with Crippen LogP contribution < -0.4 is 10.9 Å². The highest BCUT2D eigenvalue weighted by Gasteiger charge is 2.13. The van der Waals surface area contributed by atoms with E-state index in [-0.39, 0.29) is 11.5 Å². The van der Waals surface area contributed by atoms with Crippen LogP contribution in [-0.4, -0.2) is 25.2 Å². The first-order chi connectivity index (χ1) is 13.1. The van der Waals surface area contributed by atoms with Crippen molar-refractivity contribution in [2.75, 3.05) is 5.32 Å². The zero-order valence-electron chi connectivity index (χ0n) is 14.7. The van der Waals surface area contributed by atoms with Gasteiger partial charge < -0.3 is 9.88 Å². The average molecular weight is 359 g/mol. The number of para-hydroxylation sites is 1. The topological polar surface area (TPSA) is 81.8 Å². The van der Waals surface area contributed by atoms with E-state index in [2.05, 4.69) is 15.4 Å². The fraction of sp³-hybridized carbons (Fsp3) is 0.100. The number of nitrogens with one attached hydrogen (secondary N) is 1. The lowest BCUT2D eigenvalue weighted by atomic mass is 10.1. The summed E-state index contributed by atoms with van der Waals surface area (Å²) in [6, 6.07) is 16.2. The number of rotatable bonds is 4. The van der Waals surface area contributed by atoms with E-state index in [1.165, 1.54) is 17.0 Å². The number of hydrogen-bond acceptors (Lipinski definition) is 4. The monoisotopic (exact) mass is 359 g/mol. The Kier molecular flexibility index (Phi) is 4.25. The third-order valence-electron chi connectivity index (χ3n) is 4.39. The molecule has 1 N–H and O–H groups in total. The Balaban J connectivity index is 1.64. The van der Waals surface area contributed by atoms with E-state index in [9.17, 15) is 9.59 Å². The lowest BCUT2D eigenvalue weighted by Gasteiger charge is -2.11. The Hall–Kier alpha value is -3.74. The van der Waals surface area contributed by atoms with Crippen molar-refractivity contribution >= 4 is 22.5 Å². The molecule has 0 aliphatic heterocycles. The summed E-state index contributed by atoms with van der Waals surface area (Å²) in [6.45, 7) is 0.554. The van der Waals surface area contributed by atoms with E-state index in [1.54, 1.807) is 18.1 Å². The van der Waals surface area contributed by atoms with E-state index >= 15 is 0 Å². The van der Waals surface area contributed by atoms with Crippen molar-refractivity contribution < 1.29 is 4.79 Å². The van der Waals surface area contributed by atoms with Crippen molar-refractivity contribution in [2.24, 2.45) is 7.05 Å². The Labute approximate surface area is 154 Å². The molecule has 0 fully saturated rings. The molecule has 27 heavy (non-hydrogen) atoms. The van der Waals surface area contributed by atoms with Crippen LogP contribution in [0.5, 0.6) is 0 Å². The molecule has 0 bridgehead atoms. The summed E-state index contributed by atoms with van der Waals surface area (Å²) in [7, 11) is 1.69. The number of carbonyl (C=O) groups is 1. The van der Waals surface area contributed by atoms with E-state index in [0.29, 0.717) is 17.8 Å². The first kappa shape index (κ1) is 16.7. The minimum atomic E-state index is -0.318. The van der Waals surface area contributed by atoms with Gasteiger partial charge in [-0.15, -0.1) is 0 Å². The number of hydrogen-bond donors (Lipinski definition) is 1. The third kappa shape index (κ3) is 3.35. The Morgan fingerprint density at radius 2 is 1.96 bits per heavy atom. The van der Waals surface area contributed by atoms with Crippen molar-refractivity contribution in [3.63, 3.8) is 0 Å². The Morgan fingerprint density at radius 1 is 1.11 bits per heavy atom. The average Bonchev–Trinajstić information content (AvgIpc) is 3.18. The van der Waals surface area contributed by atoms with Crippen LogP contribution in [0.1, 0.15) is 15.9 Å². The summed E-state index contributed by atoms with van der Waals surface area (Å²) >= 11 is 0. The number of benzene rings is 2. The fourth-order valence-electron chi connectivity index (χ4n) is 3.05. The van der Waals surface area contributed by atoms with Gasteiger partial charge in [-0.3, -0.25) is 9.59 Å². The fourth-order valence-corrected chi connectivity index (χ4v) is 3.05. The molecule has 4 rings (SSSR count). The summed E-state index contributed by atoms with van der Waals surface area (Å²) in [5.74, 6) is -0.318. The molecule has 0 saturated carbocycles. The summed E-state index contributed by atoms with van der Waals surface area (Å²) < 4.78 is 3.24. The standard InChI is InChI=1S/C20H17N5O2/c1-24-18-8-3-2-7-16(18)17(10-19(24)26)20(27)23-15-6-4-5-14(9-15)11-25-13-21-12-22-25/h2-10,12-13H,11H2,1H3,(H,23,27). The maximum Gasteiger partial charge on any atom is 0.256 e. The Morgan fingerprint density at radius 3 is 2.78 bits per heavy atom. The molecule has 0 atom stereocenters. The molecular formula is C20H17N5O2. The van der Waals surface area contributed by atoms with Gasteiger partial charge in [-0.05, 0) is 23.8 Å². The van der Waals surface area contributed by atoms with Gasteiger partial charge in [-0.1, -0.05) is 30.3 Å². The van der Waals surface area contributed by atoms with Gasteiger partial charge in [0.05, 0.1) is 17.6 Å². The largest absolute Gasteiger partial charge is 0.322 e. The molecule has 0 spiro atoms. The summed E-state index contributed by atoms with van der Waals surface area (Å²) in [5.41, 5.74) is 2.48. The molecule has 0 unspecified atom stereocenters. The molecular weight excluding hydrogens is 342 g/mol. The van der Waals surface area contributed by atoms with Crippen LogP contribution in [0.25, 0.3) is 10.9 Å². The number of anilines is 1. The second-order valence-electron chi connectivity index (χ2n) is 6.22. The molecule has 0 aliphatic carbocycles. The number of carbonyl (C=O) groups excluding carboxylic acids is 1. The molecule has 7 heteroatoms. The van der Waals surface area contributed by atoms with Gasteiger partial charge in [0.1, 0.15) is 12.7 Å². The van der Waals surface area contributed by atoms with Crippen LogP contribution in [0, 0.1) is 0 Å². The highest BCUT2D eigenvalue weighted by atomic mass is 16.2. The smallest absolute Gasteiger partial charge is 0.256 e. The van der Waals surface area contributed by atoms with Crippen molar-refractivity contribution in [1.29, 1.82) is 0 Å². The molecule has 0 aliphatic rings. The second-order valence-corrected chi connectivity index (χ2v) is 6.22. The number of fused-ring (bicyclic) bond motifs is 1. The molecule has 0 saturated heterocycles. The minimum absolute atomic E-state index is 0.223. The van der Waals surface area contributed by atoms with Gasteiger partial charge in [0.25, 0.3) is 11.5 Å². The molecule has 1 amide bonds. The van der Waals surface area contributed by atoms with Crippen LogP contribution >= 0.6 is 0 Å². The first-order valence-corrected chi connectivity index (χ1v) is 8.43. The van der Waals surface area contributed by atoms with Crippen molar-refractivity contribution in [3.8, 4) is 0 Å². The highest BCUT2D eigenvalue weighted by molar-refractivity contribution is 6.12. The number of aromatic nitrogens is 4. The Bertz CT molecular complexity index is 1180. The summed E-state index contributed by atoms with van der Waals surface area (Å²) in [6.07, 6.45) is 3.11. The second kappa shape index (κ2) is 6.87. The summed E-state index contributed by atoms with van der Waals surface area (Å²) in [4.78, 5) is 29.0. The van der Waals surface area contributed by atoms with Crippen molar-refractivity contribution in [1.82, 2.24) is 19.3 Å². The van der Waals surface area contributed by atoms with Crippen LogP contribution in [0.2, 0.25) is 0 Å². The predicted octanol–water partition coefficient (Wildman–Crippen LogP) is 2.43. The van der Waals surface area contributed by atoms with Gasteiger partial charge >= 0.3 is 0 Å². The predicted molar refractivity (Wildman–Crippen MR) is 103 cm³/mol. The first-order valence-electron chi connectivity index (χ1n) is 8.43. The van der Waals surface area contributed by atoms with E-state index < -0.39 is 0 Å². The van der Waals surface area contributed by atoms with Gasteiger partial charge in [-0.2, -0.15) is 5.10 Å². The quantitative estimate of drug-likeness (QED) is 0.607. The molecule has 2 aromatic heterocycles. The van der Waals surface area contributed by atoms with Gasteiger partial charge in [0.2, 0.25) is 0 Å². The maximum absolute atomic E-state index is 12.8. The highest BCUT2D eigenvalue weighted by Crippen LogP contribution is 2.19. The van der Waals surface area contributed by atoms with Crippen molar-refractivity contribution in [2.45, 2.75) is 6.54 Å². The maximum atomic E-state index is 12.8. The van der Waals surface area contributed by atoms with Gasteiger partial charge in [0, 0.05) is 24.2 Å². The number of nitrogens with zero attached hydrogens (tertiary/aromatic N) is 4. The van der Waals surface area contributed by atoms with Crippen LogP contribution in [0.15, 0.2) is 72.0 Å². The van der Waals surface area contributed by atoms with Gasteiger partial charge in [0.15, 0.2) is 0 Å². The van der Waals surface area contributed by atoms with Crippen LogP contribution in [-0.2, 0) is 13.6 Å². The lowest BCUT2D eigenvalue weighted by Crippen LogP contribution is -2.21. The SMILES string of the molecule is Cn1c(=O)cc(C(=O)Nc2cccc(Cn3cncn3)c2)c2ccccc21. The number of aryl methyl sites for hydroxylation is 1. The van der Waals surface area contributed by atoms with Crippen LogP contribution in [0.3, 0.4) is 0 Å². The van der Waals surface area contributed by atoms with E-state index in [1.807, 2.05) is 48.5 Å². The molecule has 134 valence electrons. The summed E-state index contributed by atoms with van der Waals surface area (Å²) in [5, 5.41) is 7.70. The van der Waals surface area contributed by atoms with Crippen LogP contribution in [0.4, 0.5) is 5.69 Å². The molecule has 4 aromatic rings.